The number of anilines is 1. The number of nitrogens with zero attached hydrogens (tertiary/aromatic N) is 2. The van der Waals surface area contributed by atoms with E-state index in [0.717, 1.165) is 23.1 Å². The maximum absolute atomic E-state index is 11.8. The molecule has 5 heteroatoms. The smallest absolute Gasteiger partial charge is 0.254 e. The average molecular weight is 321 g/mol. The summed E-state index contributed by atoms with van der Waals surface area (Å²) in [6.07, 6.45) is 1.40. The Balaban J connectivity index is 1.79. The number of benzene rings is 2. The number of aromatic hydroxyl groups is 1. The van der Waals surface area contributed by atoms with Crippen LogP contribution in [0.1, 0.15) is 11.3 Å². The predicted octanol–water partition coefficient (Wildman–Crippen LogP) is 2.52. The third-order valence-electron chi connectivity index (χ3n) is 4.00. The first-order valence-electron chi connectivity index (χ1n) is 7.74. The van der Waals surface area contributed by atoms with E-state index in [2.05, 4.69) is 11.1 Å². The van der Waals surface area contributed by atoms with Crippen molar-refractivity contribution in [3.05, 3.63) is 76.2 Å². The Kier molecular flexibility index (Phi) is 4.33. The van der Waals surface area contributed by atoms with Crippen LogP contribution in [0.5, 0.6) is 5.75 Å². The second kappa shape index (κ2) is 6.58. The molecule has 24 heavy (non-hydrogen) atoms. The van der Waals surface area contributed by atoms with Crippen LogP contribution in [0.15, 0.2) is 59.4 Å². The van der Waals surface area contributed by atoms with E-state index in [0.29, 0.717) is 12.1 Å². The number of aryl methyl sites for hydroxylation is 2. The minimum absolute atomic E-state index is 0.147. The van der Waals surface area contributed by atoms with E-state index in [1.165, 1.54) is 10.6 Å². The molecular weight excluding hydrogens is 302 g/mol. The van der Waals surface area contributed by atoms with Crippen LogP contribution < -0.4 is 11.3 Å². The highest BCUT2D eigenvalue weighted by Gasteiger charge is 2.05. The molecule has 0 radical (unpaired) electrons. The van der Waals surface area contributed by atoms with Gasteiger partial charge >= 0.3 is 0 Å². The molecule has 0 amide bonds. The Morgan fingerprint density at radius 1 is 1.04 bits per heavy atom. The number of nitrogens with two attached hydrogens (primary N) is 1. The minimum atomic E-state index is -0.147. The molecule has 0 unspecified atom stereocenters. The fourth-order valence-electron chi connectivity index (χ4n) is 2.60. The Bertz CT molecular complexity index is 932. The van der Waals surface area contributed by atoms with Crippen LogP contribution in [-0.2, 0) is 19.9 Å². The number of hydrogen-bond acceptors (Lipinski definition) is 4. The van der Waals surface area contributed by atoms with Gasteiger partial charge in [-0.25, -0.2) is 4.98 Å². The van der Waals surface area contributed by atoms with Gasteiger partial charge in [0.15, 0.2) is 0 Å². The number of phenols is 1. The van der Waals surface area contributed by atoms with E-state index in [1.807, 2.05) is 30.3 Å². The summed E-state index contributed by atoms with van der Waals surface area (Å²) in [6, 6.07) is 16.8. The molecule has 0 atom stereocenters. The molecule has 0 aliphatic heterocycles. The molecule has 3 aromatic rings. The van der Waals surface area contributed by atoms with E-state index in [4.69, 9.17) is 5.73 Å². The lowest BCUT2D eigenvalue weighted by molar-refractivity contribution is 0.475. The molecule has 0 spiro atoms. The second-order valence-corrected chi connectivity index (χ2v) is 5.75. The predicted molar refractivity (Wildman–Crippen MR) is 94.8 cm³/mol. The van der Waals surface area contributed by atoms with Gasteiger partial charge < -0.3 is 10.8 Å². The van der Waals surface area contributed by atoms with E-state index in [9.17, 15) is 9.90 Å². The van der Waals surface area contributed by atoms with Gasteiger partial charge in [0.1, 0.15) is 5.75 Å². The van der Waals surface area contributed by atoms with Crippen molar-refractivity contribution in [3.8, 4) is 16.9 Å². The zero-order chi connectivity index (χ0) is 17.1. The van der Waals surface area contributed by atoms with Crippen molar-refractivity contribution < 1.29 is 5.11 Å². The Morgan fingerprint density at radius 3 is 2.46 bits per heavy atom. The molecule has 3 rings (SSSR count). The maximum atomic E-state index is 11.8. The van der Waals surface area contributed by atoms with Crippen molar-refractivity contribution in [3.63, 3.8) is 0 Å². The van der Waals surface area contributed by atoms with Gasteiger partial charge in [0, 0.05) is 13.1 Å². The first kappa shape index (κ1) is 15.8. The van der Waals surface area contributed by atoms with Gasteiger partial charge in [0.05, 0.1) is 5.69 Å². The zero-order valence-electron chi connectivity index (χ0n) is 13.4. The van der Waals surface area contributed by atoms with Crippen molar-refractivity contribution in [2.24, 2.45) is 7.05 Å². The molecule has 5 nitrogen and oxygen atoms in total. The normalized spacial score (nSPS) is 10.7. The summed E-state index contributed by atoms with van der Waals surface area (Å²) in [6.45, 7) is 0. The van der Waals surface area contributed by atoms with Crippen LogP contribution in [0.2, 0.25) is 0 Å². The van der Waals surface area contributed by atoms with E-state index in [1.54, 1.807) is 19.2 Å². The van der Waals surface area contributed by atoms with Gasteiger partial charge in [-0.3, -0.25) is 9.36 Å². The van der Waals surface area contributed by atoms with Crippen molar-refractivity contribution in [1.29, 1.82) is 0 Å². The molecule has 0 bridgehead atoms. The molecule has 0 saturated carbocycles. The highest BCUT2D eigenvalue weighted by Crippen LogP contribution is 2.24. The lowest BCUT2D eigenvalue weighted by Crippen LogP contribution is -2.21. The lowest BCUT2D eigenvalue weighted by atomic mass is 10.0. The number of rotatable bonds is 4. The molecule has 1 heterocycles. The molecule has 0 fully saturated rings. The van der Waals surface area contributed by atoms with Crippen LogP contribution in [0.25, 0.3) is 11.1 Å². The fraction of sp³-hybridized carbons (Fsp3) is 0.158. The summed E-state index contributed by atoms with van der Waals surface area (Å²) < 4.78 is 1.33. The molecule has 122 valence electrons. The highest BCUT2D eigenvalue weighted by molar-refractivity contribution is 5.65. The standard InChI is InChI=1S/C19H19N3O2/c1-22-18(24)12-16(21-19(22)20)9-8-13-4-2-5-14(10-13)15-6-3-7-17(23)11-15/h2-7,10-12,23H,8-9H2,1H3,(H2,20,21). The molecule has 1 aromatic heterocycles. The minimum Gasteiger partial charge on any atom is -0.508 e. The van der Waals surface area contributed by atoms with Gasteiger partial charge in [-0.05, 0) is 41.7 Å². The number of hydrogen-bond donors (Lipinski definition) is 2. The Morgan fingerprint density at radius 2 is 1.75 bits per heavy atom. The van der Waals surface area contributed by atoms with Crippen molar-refractivity contribution >= 4 is 5.95 Å². The van der Waals surface area contributed by atoms with Crippen LogP contribution in [0.3, 0.4) is 0 Å². The highest BCUT2D eigenvalue weighted by atomic mass is 16.3. The first-order chi connectivity index (χ1) is 11.5. The van der Waals surface area contributed by atoms with E-state index < -0.39 is 0 Å². The quantitative estimate of drug-likeness (QED) is 0.773. The number of phenolic OH excluding ortho intramolecular Hbond substituents is 1. The van der Waals surface area contributed by atoms with Gasteiger partial charge in [-0.15, -0.1) is 0 Å². The lowest BCUT2D eigenvalue weighted by Gasteiger charge is -2.08. The van der Waals surface area contributed by atoms with E-state index >= 15 is 0 Å². The summed E-state index contributed by atoms with van der Waals surface area (Å²) >= 11 is 0. The molecule has 0 saturated heterocycles. The van der Waals surface area contributed by atoms with Gasteiger partial charge in [0.2, 0.25) is 5.95 Å². The molecule has 3 N–H and O–H groups in total. The summed E-state index contributed by atoms with van der Waals surface area (Å²) in [5.74, 6) is 0.476. The van der Waals surface area contributed by atoms with Crippen LogP contribution in [-0.4, -0.2) is 14.7 Å². The molecule has 0 aliphatic rings. The first-order valence-corrected chi connectivity index (χ1v) is 7.74. The van der Waals surface area contributed by atoms with Crippen LogP contribution in [0, 0.1) is 0 Å². The topological polar surface area (TPSA) is 81.1 Å². The maximum Gasteiger partial charge on any atom is 0.254 e. The van der Waals surface area contributed by atoms with Crippen LogP contribution >= 0.6 is 0 Å². The van der Waals surface area contributed by atoms with Crippen molar-refractivity contribution in [1.82, 2.24) is 9.55 Å². The van der Waals surface area contributed by atoms with Gasteiger partial charge in [0.25, 0.3) is 5.56 Å². The monoisotopic (exact) mass is 321 g/mol. The molecule has 0 aliphatic carbocycles. The van der Waals surface area contributed by atoms with Gasteiger partial charge in [-0.2, -0.15) is 0 Å². The summed E-state index contributed by atoms with van der Waals surface area (Å²) in [7, 11) is 1.60. The molecule has 2 aromatic carbocycles. The third kappa shape index (κ3) is 3.46. The number of nitrogen functional groups attached to an aromatic ring is 1. The average Bonchev–Trinajstić information content (AvgIpc) is 2.58. The number of aromatic nitrogens is 2. The van der Waals surface area contributed by atoms with Gasteiger partial charge in [-0.1, -0.05) is 36.4 Å². The zero-order valence-corrected chi connectivity index (χ0v) is 13.4. The molecular formula is C19H19N3O2. The summed E-state index contributed by atoms with van der Waals surface area (Å²) in [5, 5.41) is 9.62. The third-order valence-corrected chi connectivity index (χ3v) is 4.00. The SMILES string of the molecule is Cn1c(N)nc(CCc2cccc(-c3cccc(O)c3)c2)cc1=O. The van der Waals surface area contributed by atoms with Crippen molar-refractivity contribution in [2.75, 3.05) is 5.73 Å². The fourth-order valence-corrected chi connectivity index (χ4v) is 2.60. The summed E-state index contributed by atoms with van der Waals surface area (Å²) in [4.78, 5) is 16.0. The second-order valence-electron chi connectivity index (χ2n) is 5.75. The Labute approximate surface area is 140 Å². The Hall–Kier alpha value is -3.08. The largest absolute Gasteiger partial charge is 0.508 e. The van der Waals surface area contributed by atoms with Crippen LogP contribution in [0.4, 0.5) is 5.95 Å². The summed E-state index contributed by atoms with van der Waals surface area (Å²) in [5.41, 5.74) is 9.42. The van der Waals surface area contributed by atoms with E-state index in [-0.39, 0.29) is 17.3 Å². The van der Waals surface area contributed by atoms with Crippen molar-refractivity contribution in [2.45, 2.75) is 12.8 Å².